The SMILES string of the molecule is CCc1ccc2cc3ccccc3c(OCCc3ccccc3)c2c1. The van der Waals surface area contributed by atoms with Gasteiger partial charge in [0, 0.05) is 17.2 Å². The molecule has 0 fully saturated rings. The Morgan fingerprint density at radius 1 is 0.680 bits per heavy atom. The average Bonchev–Trinajstić information content (AvgIpc) is 2.68. The van der Waals surface area contributed by atoms with Crippen molar-refractivity contribution in [2.45, 2.75) is 19.8 Å². The molecule has 1 nitrogen and oxygen atoms in total. The summed E-state index contributed by atoms with van der Waals surface area (Å²) < 4.78 is 6.34. The molecule has 0 aliphatic carbocycles. The van der Waals surface area contributed by atoms with Crippen LogP contribution in [0, 0.1) is 0 Å². The highest BCUT2D eigenvalue weighted by atomic mass is 16.5. The summed E-state index contributed by atoms with van der Waals surface area (Å²) in [5, 5.41) is 4.88. The zero-order chi connectivity index (χ0) is 17.1. The van der Waals surface area contributed by atoms with Gasteiger partial charge in [-0.25, -0.2) is 0 Å². The van der Waals surface area contributed by atoms with Crippen LogP contribution < -0.4 is 4.74 Å². The van der Waals surface area contributed by atoms with Crippen molar-refractivity contribution in [1.82, 2.24) is 0 Å². The molecule has 0 unspecified atom stereocenters. The Morgan fingerprint density at radius 2 is 1.44 bits per heavy atom. The van der Waals surface area contributed by atoms with Crippen LogP contribution in [0.25, 0.3) is 21.5 Å². The maximum atomic E-state index is 6.34. The molecule has 0 spiro atoms. The van der Waals surface area contributed by atoms with Gasteiger partial charge in [-0.05, 0) is 40.5 Å². The molecular formula is C24H22O. The lowest BCUT2D eigenvalue weighted by molar-refractivity contribution is 0.329. The summed E-state index contributed by atoms with van der Waals surface area (Å²) in [6.07, 6.45) is 1.95. The van der Waals surface area contributed by atoms with Crippen molar-refractivity contribution < 1.29 is 4.74 Å². The Hall–Kier alpha value is -2.80. The van der Waals surface area contributed by atoms with E-state index < -0.39 is 0 Å². The molecule has 25 heavy (non-hydrogen) atoms. The van der Waals surface area contributed by atoms with Crippen LogP contribution in [-0.2, 0) is 12.8 Å². The Kier molecular flexibility index (Phi) is 4.39. The molecule has 0 N–H and O–H groups in total. The highest BCUT2D eigenvalue weighted by Gasteiger charge is 2.09. The summed E-state index contributed by atoms with van der Waals surface area (Å²) in [4.78, 5) is 0. The molecule has 124 valence electrons. The van der Waals surface area contributed by atoms with E-state index in [-0.39, 0.29) is 0 Å². The molecule has 4 rings (SSSR count). The predicted octanol–water partition coefficient (Wildman–Crippen LogP) is 6.18. The van der Waals surface area contributed by atoms with Crippen LogP contribution in [0.5, 0.6) is 5.75 Å². The van der Waals surface area contributed by atoms with Gasteiger partial charge >= 0.3 is 0 Å². The second-order valence-corrected chi connectivity index (χ2v) is 6.42. The molecule has 4 aromatic rings. The molecule has 0 aromatic heterocycles. The lowest BCUT2D eigenvalue weighted by atomic mass is 9.99. The van der Waals surface area contributed by atoms with Crippen LogP contribution >= 0.6 is 0 Å². The Balaban J connectivity index is 1.75. The Labute approximate surface area is 148 Å². The normalized spacial score (nSPS) is 11.1. The minimum atomic E-state index is 0.684. The molecule has 0 radical (unpaired) electrons. The Morgan fingerprint density at radius 3 is 2.28 bits per heavy atom. The third-order valence-electron chi connectivity index (χ3n) is 4.77. The first kappa shape index (κ1) is 15.7. The highest BCUT2D eigenvalue weighted by Crippen LogP contribution is 2.35. The van der Waals surface area contributed by atoms with E-state index in [1.807, 2.05) is 0 Å². The third-order valence-corrected chi connectivity index (χ3v) is 4.77. The summed E-state index contributed by atoms with van der Waals surface area (Å²) >= 11 is 0. The monoisotopic (exact) mass is 326 g/mol. The van der Waals surface area contributed by atoms with Gasteiger partial charge in [0.1, 0.15) is 5.75 Å². The number of hydrogen-bond acceptors (Lipinski definition) is 1. The van der Waals surface area contributed by atoms with Crippen molar-refractivity contribution in [3.63, 3.8) is 0 Å². The van der Waals surface area contributed by atoms with Crippen LogP contribution in [0.4, 0.5) is 0 Å². The summed E-state index contributed by atoms with van der Waals surface area (Å²) in [7, 11) is 0. The van der Waals surface area contributed by atoms with Crippen LogP contribution in [0.1, 0.15) is 18.1 Å². The zero-order valence-corrected chi connectivity index (χ0v) is 14.5. The number of aryl methyl sites for hydroxylation is 1. The molecule has 4 aromatic carbocycles. The van der Waals surface area contributed by atoms with Crippen LogP contribution in [0.3, 0.4) is 0 Å². The first-order valence-electron chi connectivity index (χ1n) is 8.96. The van der Waals surface area contributed by atoms with Crippen molar-refractivity contribution >= 4 is 21.5 Å². The fourth-order valence-corrected chi connectivity index (χ4v) is 3.36. The lowest BCUT2D eigenvalue weighted by Crippen LogP contribution is -2.02. The van der Waals surface area contributed by atoms with Gasteiger partial charge in [0.15, 0.2) is 0 Å². The topological polar surface area (TPSA) is 9.23 Å². The standard InChI is InChI=1S/C24H22O/c1-2-18-12-13-21-17-20-10-6-7-11-22(20)24(23(21)16-18)25-15-14-19-8-4-3-5-9-19/h3-13,16-17H,2,14-15H2,1H3. The number of benzene rings is 4. The van der Waals surface area contributed by atoms with E-state index >= 15 is 0 Å². The zero-order valence-electron chi connectivity index (χ0n) is 14.5. The third kappa shape index (κ3) is 3.23. The first-order valence-corrected chi connectivity index (χ1v) is 8.96. The van der Waals surface area contributed by atoms with Crippen molar-refractivity contribution in [3.05, 3.63) is 90.0 Å². The van der Waals surface area contributed by atoms with E-state index in [2.05, 4.69) is 85.8 Å². The molecule has 0 atom stereocenters. The van der Waals surface area contributed by atoms with Gasteiger partial charge in [0.05, 0.1) is 6.61 Å². The van der Waals surface area contributed by atoms with Gasteiger partial charge in [-0.2, -0.15) is 0 Å². The second-order valence-electron chi connectivity index (χ2n) is 6.42. The molecule has 0 amide bonds. The molecule has 0 aliphatic heterocycles. The number of ether oxygens (including phenoxy) is 1. The molecule has 0 saturated heterocycles. The van der Waals surface area contributed by atoms with Crippen molar-refractivity contribution in [2.75, 3.05) is 6.61 Å². The maximum absolute atomic E-state index is 6.34. The molecule has 0 aliphatic rings. The van der Waals surface area contributed by atoms with Gasteiger partial charge < -0.3 is 4.74 Å². The largest absolute Gasteiger partial charge is 0.492 e. The summed E-state index contributed by atoms with van der Waals surface area (Å²) in [5.74, 6) is 1.01. The fraction of sp³-hybridized carbons (Fsp3) is 0.167. The molecule has 0 heterocycles. The van der Waals surface area contributed by atoms with E-state index in [9.17, 15) is 0 Å². The van der Waals surface area contributed by atoms with Crippen molar-refractivity contribution in [2.24, 2.45) is 0 Å². The van der Waals surface area contributed by atoms with Gasteiger partial charge in [-0.3, -0.25) is 0 Å². The highest BCUT2D eigenvalue weighted by molar-refractivity contribution is 6.05. The number of fused-ring (bicyclic) bond motifs is 2. The molecule has 0 bridgehead atoms. The smallest absolute Gasteiger partial charge is 0.134 e. The van der Waals surface area contributed by atoms with Crippen LogP contribution in [0.2, 0.25) is 0 Å². The van der Waals surface area contributed by atoms with Gasteiger partial charge in [-0.15, -0.1) is 0 Å². The first-order chi connectivity index (χ1) is 12.3. The minimum absolute atomic E-state index is 0.684. The van der Waals surface area contributed by atoms with Gasteiger partial charge in [0.25, 0.3) is 0 Å². The number of rotatable bonds is 5. The quantitative estimate of drug-likeness (QED) is 0.398. The van der Waals surface area contributed by atoms with Gasteiger partial charge in [0.2, 0.25) is 0 Å². The molecule has 1 heteroatoms. The van der Waals surface area contributed by atoms with E-state index in [1.54, 1.807) is 0 Å². The molecule has 0 saturated carbocycles. The maximum Gasteiger partial charge on any atom is 0.134 e. The second kappa shape index (κ2) is 6.98. The number of hydrogen-bond donors (Lipinski definition) is 0. The summed E-state index contributed by atoms with van der Waals surface area (Å²) in [5.41, 5.74) is 2.65. The minimum Gasteiger partial charge on any atom is -0.492 e. The average molecular weight is 326 g/mol. The predicted molar refractivity (Wildman–Crippen MR) is 106 cm³/mol. The van der Waals surface area contributed by atoms with Crippen LogP contribution in [-0.4, -0.2) is 6.61 Å². The van der Waals surface area contributed by atoms with Crippen molar-refractivity contribution in [3.8, 4) is 5.75 Å². The van der Waals surface area contributed by atoms with E-state index in [0.29, 0.717) is 6.61 Å². The van der Waals surface area contributed by atoms with Crippen LogP contribution in [0.15, 0.2) is 78.9 Å². The summed E-state index contributed by atoms with van der Waals surface area (Å²) in [6.45, 7) is 2.88. The van der Waals surface area contributed by atoms with Gasteiger partial charge in [-0.1, -0.05) is 73.7 Å². The lowest BCUT2D eigenvalue weighted by Gasteiger charge is -2.14. The van der Waals surface area contributed by atoms with E-state index in [1.165, 1.54) is 32.7 Å². The Bertz CT molecular complexity index is 1000. The molecular weight excluding hydrogens is 304 g/mol. The fourth-order valence-electron chi connectivity index (χ4n) is 3.36. The van der Waals surface area contributed by atoms with E-state index in [4.69, 9.17) is 4.74 Å². The van der Waals surface area contributed by atoms with Crippen molar-refractivity contribution in [1.29, 1.82) is 0 Å². The summed E-state index contributed by atoms with van der Waals surface area (Å²) in [6, 6.07) is 28.0. The van der Waals surface area contributed by atoms with E-state index in [0.717, 1.165) is 18.6 Å².